The highest BCUT2D eigenvalue weighted by Gasteiger charge is 2.38. The molecule has 0 spiro atoms. The lowest BCUT2D eigenvalue weighted by molar-refractivity contribution is -0.137. The Labute approximate surface area is 151 Å². The van der Waals surface area contributed by atoms with E-state index in [1.807, 2.05) is 0 Å². The van der Waals surface area contributed by atoms with Crippen LogP contribution in [-0.2, 0) is 6.18 Å². The molecule has 2 heterocycles. The highest BCUT2D eigenvalue weighted by Crippen LogP contribution is 2.33. The maximum Gasteiger partial charge on any atom is 0.416 e. The fraction of sp³-hybridized carbons (Fsp3) is 0.353. The van der Waals surface area contributed by atoms with E-state index >= 15 is 0 Å². The number of aliphatic hydroxyl groups excluding tert-OH is 3. The van der Waals surface area contributed by atoms with Crippen molar-refractivity contribution in [3.05, 3.63) is 48.3 Å². The van der Waals surface area contributed by atoms with Crippen LogP contribution in [0.2, 0.25) is 0 Å². The third kappa shape index (κ3) is 4.12. The summed E-state index contributed by atoms with van der Waals surface area (Å²) in [6.45, 7) is 0. The molecule has 1 fully saturated rings. The summed E-state index contributed by atoms with van der Waals surface area (Å²) in [4.78, 5) is 4.01. The largest absolute Gasteiger partial charge is 0.475 e. The molecule has 4 atom stereocenters. The molecule has 1 saturated heterocycles. The second-order valence-corrected chi connectivity index (χ2v) is 6.98. The minimum atomic E-state index is -4.40. The molecule has 140 valence electrons. The lowest BCUT2D eigenvalue weighted by atomic mass is 10.1. The molecule has 0 amide bonds. The van der Waals surface area contributed by atoms with E-state index in [9.17, 15) is 28.5 Å². The normalized spacial score (nSPS) is 26.5. The lowest BCUT2D eigenvalue weighted by Crippen LogP contribution is -2.50. The van der Waals surface area contributed by atoms with Crippen molar-refractivity contribution in [2.24, 2.45) is 0 Å². The highest BCUT2D eigenvalue weighted by atomic mass is 32.2. The van der Waals surface area contributed by atoms with Crippen molar-refractivity contribution in [2.75, 3.05) is 5.75 Å². The summed E-state index contributed by atoms with van der Waals surface area (Å²) < 4.78 is 43.6. The Bertz CT molecular complexity index is 756. The quantitative estimate of drug-likeness (QED) is 0.750. The molecule has 3 N–H and O–H groups in total. The molecular weight excluding hydrogens is 371 g/mol. The van der Waals surface area contributed by atoms with E-state index in [1.165, 1.54) is 24.5 Å². The number of alkyl halides is 3. The molecule has 0 radical (unpaired) electrons. The number of pyridine rings is 1. The Morgan fingerprint density at radius 3 is 2.35 bits per heavy atom. The zero-order valence-corrected chi connectivity index (χ0v) is 14.1. The average Bonchev–Trinajstić information content (AvgIpc) is 2.62. The molecule has 1 aromatic heterocycles. The standard InChI is InChI=1S/C17H16F3NO4S/c18-17(19,20)11-3-1-9(2-4-11)10-5-12(7-21-6-10)25-16-15(24)14(23)13(22)8-26-16/h1-7,13-16,22-24H,8H2/t13-,14+,15-,16+/m1/s1. The van der Waals surface area contributed by atoms with Crippen LogP contribution in [0, 0.1) is 0 Å². The van der Waals surface area contributed by atoms with E-state index < -0.39 is 35.5 Å². The van der Waals surface area contributed by atoms with E-state index in [4.69, 9.17) is 4.74 Å². The molecule has 3 rings (SSSR count). The molecule has 0 bridgehead atoms. The van der Waals surface area contributed by atoms with Crippen molar-refractivity contribution in [1.29, 1.82) is 0 Å². The predicted molar refractivity (Wildman–Crippen MR) is 89.6 cm³/mol. The number of hydrogen-bond donors (Lipinski definition) is 3. The first kappa shape index (κ1) is 19.0. The average molecular weight is 387 g/mol. The fourth-order valence-corrected chi connectivity index (χ4v) is 3.63. The number of rotatable bonds is 3. The van der Waals surface area contributed by atoms with Crippen LogP contribution >= 0.6 is 11.8 Å². The van der Waals surface area contributed by atoms with Gasteiger partial charge in [0.1, 0.15) is 18.0 Å². The van der Waals surface area contributed by atoms with Crippen LogP contribution in [-0.4, -0.2) is 49.8 Å². The van der Waals surface area contributed by atoms with Gasteiger partial charge in [0.25, 0.3) is 0 Å². The summed E-state index contributed by atoms with van der Waals surface area (Å²) in [5.41, 5.74) is -0.454. The Kier molecular flexibility index (Phi) is 5.42. The zero-order chi connectivity index (χ0) is 18.9. The summed E-state index contributed by atoms with van der Waals surface area (Å²) in [5.74, 6) is 0.497. The third-order valence-corrected chi connectivity index (χ3v) is 5.20. The molecule has 0 unspecified atom stereocenters. The van der Waals surface area contributed by atoms with Gasteiger partial charge in [-0.25, -0.2) is 0 Å². The number of hydrogen-bond acceptors (Lipinski definition) is 6. The van der Waals surface area contributed by atoms with Gasteiger partial charge in [-0.2, -0.15) is 13.2 Å². The maximum absolute atomic E-state index is 12.6. The minimum absolute atomic E-state index is 0.203. The number of thioether (sulfide) groups is 1. The number of halogens is 3. The van der Waals surface area contributed by atoms with Crippen LogP contribution in [0.15, 0.2) is 42.7 Å². The SMILES string of the molecule is O[C@@H]1[C@@H](O)[C@@H](Oc2cncc(-c3ccc(C(F)(F)F)cc3)c2)SC[C@H]1O. The van der Waals surface area contributed by atoms with E-state index in [0.717, 1.165) is 23.9 Å². The van der Waals surface area contributed by atoms with E-state index in [1.54, 1.807) is 6.07 Å². The molecule has 1 aliphatic heterocycles. The molecule has 1 aromatic carbocycles. The number of nitrogens with zero attached hydrogens (tertiary/aromatic N) is 1. The second-order valence-electron chi connectivity index (χ2n) is 5.85. The Morgan fingerprint density at radius 1 is 1.00 bits per heavy atom. The first-order valence-corrected chi connectivity index (χ1v) is 8.76. The fourth-order valence-electron chi connectivity index (χ4n) is 2.51. The Hall–Kier alpha value is -1.81. The predicted octanol–water partition coefficient (Wildman–Crippen LogP) is 2.30. The smallest absolute Gasteiger partial charge is 0.416 e. The van der Waals surface area contributed by atoms with Crippen molar-refractivity contribution in [3.63, 3.8) is 0 Å². The van der Waals surface area contributed by atoms with Gasteiger partial charge in [0.05, 0.1) is 17.9 Å². The summed E-state index contributed by atoms with van der Waals surface area (Å²) >= 11 is 1.15. The van der Waals surface area contributed by atoms with Crippen molar-refractivity contribution < 1.29 is 33.2 Å². The molecular formula is C17H16F3NO4S. The van der Waals surface area contributed by atoms with Crippen molar-refractivity contribution in [3.8, 4) is 16.9 Å². The summed E-state index contributed by atoms with van der Waals surface area (Å²) in [7, 11) is 0. The van der Waals surface area contributed by atoms with E-state index in [-0.39, 0.29) is 5.75 Å². The first-order chi connectivity index (χ1) is 12.3. The second kappa shape index (κ2) is 7.43. The van der Waals surface area contributed by atoms with E-state index in [0.29, 0.717) is 16.9 Å². The van der Waals surface area contributed by atoms with Gasteiger partial charge in [0, 0.05) is 17.5 Å². The van der Waals surface area contributed by atoms with Crippen LogP contribution in [0.1, 0.15) is 5.56 Å². The van der Waals surface area contributed by atoms with Gasteiger partial charge in [-0.1, -0.05) is 12.1 Å². The van der Waals surface area contributed by atoms with Crippen LogP contribution in [0.25, 0.3) is 11.1 Å². The van der Waals surface area contributed by atoms with Crippen LogP contribution in [0.5, 0.6) is 5.75 Å². The molecule has 0 aliphatic carbocycles. The van der Waals surface area contributed by atoms with Gasteiger partial charge in [0.15, 0.2) is 5.44 Å². The van der Waals surface area contributed by atoms with Gasteiger partial charge < -0.3 is 20.1 Å². The monoisotopic (exact) mass is 387 g/mol. The van der Waals surface area contributed by atoms with Crippen LogP contribution in [0.4, 0.5) is 13.2 Å². The van der Waals surface area contributed by atoms with Gasteiger partial charge in [-0.3, -0.25) is 4.98 Å². The third-order valence-electron chi connectivity index (χ3n) is 3.97. The molecule has 26 heavy (non-hydrogen) atoms. The van der Waals surface area contributed by atoms with Gasteiger partial charge in [-0.15, -0.1) is 11.8 Å². The number of aromatic nitrogens is 1. The molecule has 5 nitrogen and oxygen atoms in total. The molecule has 0 saturated carbocycles. The maximum atomic E-state index is 12.6. The van der Waals surface area contributed by atoms with Gasteiger partial charge >= 0.3 is 6.18 Å². The number of aliphatic hydroxyl groups is 3. The Morgan fingerprint density at radius 2 is 1.69 bits per heavy atom. The highest BCUT2D eigenvalue weighted by molar-refractivity contribution is 7.99. The zero-order valence-electron chi connectivity index (χ0n) is 13.3. The summed E-state index contributed by atoms with van der Waals surface area (Å²) in [6.07, 6.45) is -5.14. The first-order valence-electron chi connectivity index (χ1n) is 7.71. The number of benzene rings is 1. The van der Waals surface area contributed by atoms with Crippen LogP contribution < -0.4 is 4.74 Å². The van der Waals surface area contributed by atoms with Crippen LogP contribution in [0.3, 0.4) is 0 Å². The summed E-state index contributed by atoms with van der Waals surface area (Å²) in [5, 5.41) is 29.2. The van der Waals surface area contributed by atoms with Crippen molar-refractivity contribution in [1.82, 2.24) is 4.98 Å². The number of ether oxygens (including phenoxy) is 1. The molecule has 9 heteroatoms. The topological polar surface area (TPSA) is 82.8 Å². The van der Waals surface area contributed by atoms with Gasteiger partial charge in [-0.05, 0) is 23.8 Å². The molecule has 2 aromatic rings. The van der Waals surface area contributed by atoms with Gasteiger partial charge in [0.2, 0.25) is 0 Å². The summed E-state index contributed by atoms with van der Waals surface area (Å²) in [6, 6.07) is 6.24. The minimum Gasteiger partial charge on any atom is -0.475 e. The van der Waals surface area contributed by atoms with Crippen molar-refractivity contribution in [2.45, 2.75) is 29.9 Å². The lowest BCUT2D eigenvalue weighted by Gasteiger charge is -2.34. The van der Waals surface area contributed by atoms with E-state index in [2.05, 4.69) is 4.98 Å². The van der Waals surface area contributed by atoms with Crippen molar-refractivity contribution >= 4 is 11.8 Å². The molecule has 1 aliphatic rings. The Balaban J connectivity index is 1.76.